The van der Waals surface area contributed by atoms with Crippen LogP contribution in [0, 0.1) is 5.92 Å². The first-order valence-electron chi connectivity index (χ1n) is 7.12. The van der Waals surface area contributed by atoms with E-state index in [0.717, 1.165) is 12.8 Å². The first-order chi connectivity index (χ1) is 9.79. The largest absolute Gasteiger partial charge is 0.480 e. The van der Waals surface area contributed by atoms with Gasteiger partial charge in [-0.3, -0.25) is 0 Å². The molecule has 0 saturated heterocycles. The summed E-state index contributed by atoms with van der Waals surface area (Å²) in [5.41, 5.74) is 3.97. The van der Waals surface area contributed by atoms with E-state index in [1.165, 1.54) is 44.4 Å². The second kappa shape index (κ2) is 7.38. The van der Waals surface area contributed by atoms with Gasteiger partial charge in [0.1, 0.15) is 5.54 Å². The molecule has 2 atom stereocenters. The fourth-order valence-corrected chi connectivity index (χ4v) is 2.45. The number of aliphatic hydroxyl groups is 1. The van der Waals surface area contributed by atoms with E-state index >= 15 is 0 Å². The molecular weight excluding hydrogens is 274 g/mol. The summed E-state index contributed by atoms with van der Waals surface area (Å²) in [4.78, 5) is 21.6. The van der Waals surface area contributed by atoms with Gasteiger partial charge < -0.3 is 21.1 Å². The lowest BCUT2D eigenvalue weighted by molar-refractivity contribution is -0.143. The summed E-state index contributed by atoms with van der Waals surface area (Å²) in [6, 6.07) is 0. The zero-order chi connectivity index (χ0) is 16.0. The first-order valence-corrected chi connectivity index (χ1v) is 7.12. The lowest BCUT2D eigenvalue weighted by Gasteiger charge is -2.30. The Bertz CT molecular complexity index is 451. The summed E-state index contributed by atoms with van der Waals surface area (Å²) in [5, 5.41) is 26.6. The molecule has 2 rings (SSSR count). The third-order valence-corrected chi connectivity index (χ3v) is 4.02. The minimum absolute atomic E-state index is 0.0115. The Morgan fingerprint density at radius 3 is 2.19 bits per heavy atom. The van der Waals surface area contributed by atoms with Crippen LogP contribution in [0.4, 0.5) is 0 Å². The highest BCUT2D eigenvalue weighted by Crippen LogP contribution is 2.28. The van der Waals surface area contributed by atoms with E-state index in [9.17, 15) is 9.59 Å². The molecule has 21 heavy (non-hydrogen) atoms. The van der Waals surface area contributed by atoms with E-state index in [4.69, 9.17) is 21.1 Å². The zero-order valence-electron chi connectivity index (χ0n) is 12.2. The van der Waals surface area contributed by atoms with Crippen LogP contribution in [0.5, 0.6) is 0 Å². The van der Waals surface area contributed by atoms with Crippen molar-refractivity contribution in [3.63, 3.8) is 0 Å². The van der Waals surface area contributed by atoms with E-state index in [2.05, 4.69) is 0 Å². The van der Waals surface area contributed by atoms with Gasteiger partial charge >= 0.3 is 11.9 Å². The summed E-state index contributed by atoms with van der Waals surface area (Å²) in [6.45, 7) is 1.48. The molecule has 6 heteroatoms. The van der Waals surface area contributed by atoms with E-state index in [1.54, 1.807) is 0 Å². The molecule has 118 valence electrons. The van der Waals surface area contributed by atoms with Crippen molar-refractivity contribution in [1.29, 1.82) is 0 Å². The molecule has 0 amide bonds. The van der Waals surface area contributed by atoms with Gasteiger partial charge in [0.25, 0.3) is 0 Å². The molecule has 2 aliphatic carbocycles. The van der Waals surface area contributed by atoms with Gasteiger partial charge in [0.2, 0.25) is 0 Å². The monoisotopic (exact) mass is 297 g/mol. The van der Waals surface area contributed by atoms with Gasteiger partial charge in [-0.1, -0.05) is 44.4 Å². The van der Waals surface area contributed by atoms with Crippen LogP contribution in [0.2, 0.25) is 0 Å². The maximum Gasteiger partial charge on any atom is 0.331 e. The van der Waals surface area contributed by atoms with Gasteiger partial charge in [-0.15, -0.1) is 0 Å². The van der Waals surface area contributed by atoms with E-state index < -0.39 is 23.4 Å². The number of aliphatic hydroxyl groups excluding tert-OH is 1. The number of aliphatic carboxylic acids is 2. The number of allylic oxidation sites excluding steroid dienone is 2. The number of carbonyl (C=O) groups is 2. The molecule has 0 aromatic carbocycles. The van der Waals surface area contributed by atoms with Gasteiger partial charge in [0, 0.05) is 11.5 Å². The number of carboxylic acids is 2. The molecule has 0 bridgehead atoms. The Morgan fingerprint density at radius 1 is 1.24 bits per heavy atom. The van der Waals surface area contributed by atoms with Crippen LogP contribution in [-0.4, -0.2) is 38.9 Å². The number of carboxylic acid groups (broad SMARTS) is 2. The van der Waals surface area contributed by atoms with Crippen molar-refractivity contribution in [3.8, 4) is 0 Å². The minimum atomic E-state index is -1.62. The van der Waals surface area contributed by atoms with Crippen molar-refractivity contribution in [3.05, 3.63) is 23.8 Å². The predicted octanol–water partition coefficient (Wildman–Crippen LogP) is 1.30. The Hall–Kier alpha value is -1.66. The number of nitrogens with two attached hydrogens (primary N) is 1. The van der Waals surface area contributed by atoms with Gasteiger partial charge in [-0.05, 0) is 12.8 Å². The zero-order valence-corrected chi connectivity index (χ0v) is 12.2. The molecule has 0 heterocycles. The molecule has 2 aliphatic rings. The smallest absolute Gasteiger partial charge is 0.331 e. The maximum absolute atomic E-state index is 10.9. The Morgan fingerprint density at radius 2 is 1.81 bits per heavy atom. The average Bonchev–Trinajstić information content (AvgIpc) is 2.43. The van der Waals surface area contributed by atoms with Gasteiger partial charge in [0.05, 0.1) is 6.10 Å². The van der Waals surface area contributed by atoms with Gasteiger partial charge in [-0.25, -0.2) is 9.59 Å². The first kappa shape index (κ1) is 17.4. The Labute approximate surface area is 124 Å². The highest BCUT2D eigenvalue weighted by molar-refractivity contribution is 5.92. The fourth-order valence-electron chi connectivity index (χ4n) is 2.45. The molecular formula is C15H23NO5. The minimum Gasteiger partial charge on any atom is -0.480 e. The summed E-state index contributed by atoms with van der Waals surface area (Å²) >= 11 is 0. The van der Waals surface area contributed by atoms with E-state index in [1.807, 2.05) is 0 Å². The molecule has 2 unspecified atom stereocenters. The van der Waals surface area contributed by atoms with Crippen molar-refractivity contribution in [2.75, 3.05) is 0 Å². The fraction of sp³-hybridized carbons (Fsp3) is 0.600. The lowest BCUT2D eigenvalue weighted by atomic mass is 9.77. The third-order valence-electron chi connectivity index (χ3n) is 4.02. The standard InChI is InChI=1S/C9H11NO4.C6H12O/c1-5-6(7(11)12)3-2-4-9(5,10)8(13)14;7-6-4-2-1-3-5-6/h2-5H,10H2,1H3,(H,11,12)(H,13,14);6-7H,1-5H2. The quantitative estimate of drug-likeness (QED) is 0.609. The molecule has 0 spiro atoms. The van der Waals surface area contributed by atoms with Gasteiger partial charge in [0.15, 0.2) is 0 Å². The van der Waals surface area contributed by atoms with Crippen molar-refractivity contribution in [1.82, 2.24) is 0 Å². The van der Waals surface area contributed by atoms with Crippen molar-refractivity contribution in [2.24, 2.45) is 11.7 Å². The Balaban J connectivity index is 0.000000262. The third kappa shape index (κ3) is 4.41. The lowest BCUT2D eigenvalue weighted by Crippen LogP contribution is -2.53. The molecule has 0 aliphatic heterocycles. The van der Waals surface area contributed by atoms with Crippen LogP contribution in [0.15, 0.2) is 23.8 Å². The molecule has 0 radical (unpaired) electrons. The summed E-state index contributed by atoms with van der Waals surface area (Å²) in [5.74, 6) is -3.12. The Kier molecular flexibility index (Phi) is 6.11. The SMILES string of the molecule is CC1C(C(=O)O)=CC=CC1(N)C(=O)O.OC1CCCCC1. The molecule has 0 aromatic rings. The van der Waals surface area contributed by atoms with Crippen LogP contribution in [0.3, 0.4) is 0 Å². The van der Waals surface area contributed by atoms with Crippen molar-refractivity contribution in [2.45, 2.75) is 50.7 Å². The number of hydrogen-bond donors (Lipinski definition) is 4. The molecule has 6 nitrogen and oxygen atoms in total. The van der Waals surface area contributed by atoms with Crippen LogP contribution >= 0.6 is 0 Å². The van der Waals surface area contributed by atoms with E-state index in [-0.39, 0.29) is 11.7 Å². The van der Waals surface area contributed by atoms with Crippen molar-refractivity contribution < 1.29 is 24.9 Å². The van der Waals surface area contributed by atoms with Gasteiger partial charge in [-0.2, -0.15) is 0 Å². The average molecular weight is 297 g/mol. The predicted molar refractivity (Wildman–Crippen MR) is 77.7 cm³/mol. The molecule has 1 fully saturated rings. The maximum atomic E-state index is 10.9. The van der Waals surface area contributed by atoms with Crippen LogP contribution in [-0.2, 0) is 9.59 Å². The van der Waals surface area contributed by atoms with Crippen LogP contribution in [0.25, 0.3) is 0 Å². The number of rotatable bonds is 2. The summed E-state index contributed by atoms with van der Waals surface area (Å²) < 4.78 is 0. The second-order valence-corrected chi connectivity index (χ2v) is 5.54. The topological polar surface area (TPSA) is 121 Å². The summed E-state index contributed by atoms with van der Waals surface area (Å²) in [7, 11) is 0. The highest BCUT2D eigenvalue weighted by atomic mass is 16.4. The number of hydrogen-bond acceptors (Lipinski definition) is 4. The second-order valence-electron chi connectivity index (χ2n) is 5.54. The molecule has 0 aromatic heterocycles. The van der Waals surface area contributed by atoms with E-state index in [0.29, 0.717) is 0 Å². The summed E-state index contributed by atoms with van der Waals surface area (Å²) in [6.07, 6.45) is 9.94. The molecule has 5 N–H and O–H groups in total. The molecule has 1 saturated carbocycles. The van der Waals surface area contributed by atoms with Crippen LogP contribution < -0.4 is 5.73 Å². The highest BCUT2D eigenvalue weighted by Gasteiger charge is 2.42. The van der Waals surface area contributed by atoms with Crippen molar-refractivity contribution >= 4 is 11.9 Å². The normalized spacial score (nSPS) is 29.1. The van der Waals surface area contributed by atoms with Crippen LogP contribution in [0.1, 0.15) is 39.0 Å².